The number of esters is 1. The monoisotopic (exact) mass is 271 g/mol. The van der Waals surface area contributed by atoms with Gasteiger partial charge in [0.2, 0.25) is 0 Å². The maximum atomic E-state index is 12.3. The molecule has 5 heteroatoms. The molecule has 2 atom stereocenters. The van der Waals surface area contributed by atoms with Gasteiger partial charge in [-0.3, -0.25) is 4.79 Å². The maximum Gasteiger partial charge on any atom is 0.410 e. The fourth-order valence-corrected chi connectivity index (χ4v) is 2.41. The van der Waals surface area contributed by atoms with Gasteiger partial charge < -0.3 is 14.4 Å². The highest BCUT2D eigenvalue weighted by molar-refractivity contribution is 5.73. The Kier molecular flexibility index (Phi) is 5.20. The lowest BCUT2D eigenvalue weighted by Gasteiger charge is -2.40. The van der Waals surface area contributed by atoms with E-state index in [4.69, 9.17) is 9.47 Å². The highest BCUT2D eigenvalue weighted by Crippen LogP contribution is 2.27. The molecule has 1 fully saturated rings. The number of amides is 1. The number of methoxy groups -OCH3 is 1. The van der Waals surface area contributed by atoms with Crippen LogP contribution in [0.25, 0.3) is 0 Å². The van der Waals surface area contributed by atoms with E-state index in [0.717, 1.165) is 19.3 Å². The quantitative estimate of drug-likeness (QED) is 0.725. The van der Waals surface area contributed by atoms with Crippen LogP contribution in [0.5, 0.6) is 0 Å². The van der Waals surface area contributed by atoms with Gasteiger partial charge >= 0.3 is 12.1 Å². The molecule has 0 spiro atoms. The fraction of sp³-hybridized carbons (Fsp3) is 0.857. The van der Waals surface area contributed by atoms with Crippen LogP contribution in [0.15, 0.2) is 0 Å². The summed E-state index contributed by atoms with van der Waals surface area (Å²) in [4.78, 5) is 25.4. The van der Waals surface area contributed by atoms with Crippen LogP contribution in [0.1, 0.15) is 53.4 Å². The number of hydrogen-bond donors (Lipinski definition) is 0. The Morgan fingerprint density at radius 2 is 1.89 bits per heavy atom. The van der Waals surface area contributed by atoms with E-state index in [2.05, 4.69) is 0 Å². The molecule has 1 aliphatic rings. The first-order valence-electron chi connectivity index (χ1n) is 6.82. The van der Waals surface area contributed by atoms with Crippen LogP contribution in [0.4, 0.5) is 4.79 Å². The molecule has 0 aliphatic carbocycles. The third kappa shape index (κ3) is 4.73. The van der Waals surface area contributed by atoms with Crippen molar-refractivity contribution >= 4 is 12.1 Å². The molecule has 0 aromatic carbocycles. The molecule has 19 heavy (non-hydrogen) atoms. The summed E-state index contributed by atoms with van der Waals surface area (Å²) in [6.07, 6.45) is 2.67. The summed E-state index contributed by atoms with van der Waals surface area (Å²) in [6, 6.07) is -0.0238. The third-order valence-electron chi connectivity index (χ3n) is 3.26. The lowest BCUT2D eigenvalue weighted by atomic mass is 9.95. The van der Waals surface area contributed by atoms with Crippen molar-refractivity contribution < 1.29 is 19.1 Å². The average molecular weight is 271 g/mol. The van der Waals surface area contributed by atoms with Gasteiger partial charge in [-0.25, -0.2) is 4.79 Å². The van der Waals surface area contributed by atoms with Gasteiger partial charge in [-0.1, -0.05) is 0 Å². The first kappa shape index (κ1) is 15.8. The SMILES string of the molecule is COC(=O)CC1CCCC(C)N1C(=O)OC(C)(C)C. The van der Waals surface area contributed by atoms with E-state index in [9.17, 15) is 9.59 Å². The fourth-order valence-electron chi connectivity index (χ4n) is 2.41. The topological polar surface area (TPSA) is 55.8 Å². The molecule has 1 saturated heterocycles. The standard InChI is InChI=1S/C14H25NO4/c1-10-7-6-8-11(9-12(16)18-5)15(10)13(17)19-14(2,3)4/h10-11H,6-9H2,1-5H3. The first-order chi connectivity index (χ1) is 8.74. The average Bonchev–Trinajstić information content (AvgIpc) is 2.26. The molecule has 0 aromatic heterocycles. The Balaban J connectivity index is 2.77. The number of rotatable bonds is 2. The van der Waals surface area contributed by atoms with E-state index in [1.165, 1.54) is 7.11 Å². The summed E-state index contributed by atoms with van der Waals surface area (Å²) in [7, 11) is 1.37. The van der Waals surface area contributed by atoms with Crippen LogP contribution in [0, 0.1) is 0 Å². The van der Waals surface area contributed by atoms with Gasteiger partial charge in [0.1, 0.15) is 5.60 Å². The van der Waals surface area contributed by atoms with Crippen molar-refractivity contribution in [2.75, 3.05) is 7.11 Å². The maximum absolute atomic E-state index is 12.3. The van der Waals surface area contributed by atoms with Crippen LogP contribution < -0.4 is 0 Å². The summed E-state index contributed by atoms with van der Waals surface area (Å²) in [6.45, 7) is 7.52. The molecule has 1 heterocycles. The minimum Gasteiger partial charge on any atom is -0.469 e. The second kappa shape index (κ2) is 6.26. The number of hydrogen-bond acceptors (Lipinski definition) is 4. The summed E-state index contributed by atoms with van der Waals surface area (Å²) in [5, 5.41) is 0. The van der Waals surface area contributed by atoms with Crippen molar-refractivity contribution in [2.24, 2.45) is 0 Å². The Morgan fingerprint density at radius 3 is 2.42 bits per heavy atom. The van der Waals surface area contributed by atoms with Gasteiger partial charge in [0.25, 0.3) is 0 Å². The van der Waals surface area contributed by atoms with Gasteiger partial charge in [0.05, 0.1) is 13.5 Å². The molecule has 1 rings (SSSR count). The molecular formula is C14H25NO4. The molecule has 110 valence electrons. The Morgan fingerprint density at radius 1 is 1.26 bits per heavy atom. The number of carbonyl (C=O) groups is 2. The highest BCUT2D eigenvalue weighted by Gasteiger charge is 2.35. The second-order valence-corrected chi connectivity index (χ2v) is 6.10. The Hall–Kier alpha value is -1.26. The zero-order valence-electron chi connectivity index (χ0n) is 12.6. The van der Waals surface area contributed by atoms with Gasteiger partial charge in [0.15, 0.2) is 0 Å². The van der Waals surface area contributed by atoms with E-state index in [1.54, 1.807) is 4.90 Å². The van der Waals surface area contributed by atoms with Crippen LogP contribution >= 0.6 is 0 Å². The van der Waals surface area contributed by atoms with Crippen LogP contribution in [0.2, 0.25) is 0 Å². The predicted molar refractivity (Wildman–Crippen MR) is 71.8 cm³/mol. The van der Waals surface area contributed by atoms with Gasteiger partial charge in [-0.2, -0.15) is 0 Å². The van der Waals surface area contributed by atoms with Crippen molar-refractivity contribution in [2.45, 2.75) is 71.1 Å². The van der Waals surface area contributed by atoms with Gasteiger partial charge in [-0.15, -0.1) is 0 Å². The summed E-state index contributed by atoms with van der Waals surface area (Å²) in [5.41, 5.74) is -0.524. The van der Waals surface area contributed by atoms with Crippen LogP contribution in [0.3, 0.4) is 0 Å². The molecule has 0 aromatic rings. The van der Waals surface area contributed by atoms with Gasteiger partial charge in [0, 0.05) is 12.1 Å². The second-order valence-electron chi connectivity index (χ2n) is 6.10. The minimum atomic E-state index is -0.524. The molecular weight excluding hydrogens is 246 g/mol. The number of carbonyl (C=O) groups excluding carboxylic acids is 2. The number of likely N-dealkylation sites (tertiary alicyclic amines) is 1. The van der Waals surface area contributed by atoms with Crippen molar-refractivity contribution in [3.05, 3.63) is 0 Å². The Bertz CT molecular complexity index is 335. The van der Waals surface area contributed by atoms with E-state index >= 15 is 0 Å². The molecule has 2 unspecified atom stereocenters. The largest absolute Gasteiger partial charge is 0.469 e. The number of ether oxygens (including phenoxy) is 2. The van der Waals surface area contributed by atoms with E-state index in [1.807, 2.05) is 27.7 Å². The number of nitrogens with zero attached hydrogens (tertiary/aromatic N) is 1. The van der Waals surface area contributed by atoms with E-state index in [-0.39, 0.29) is 30.6 Å². The zero-order chi connectivity index (χ0) is 14.6. The zero-order valence-corrected chi connectivity index (χ0v) is 12.6. The minimum absolute atomic E-state index is 0.0956. The highest BCUT2D eigenvalue weighted by atomic mass is 16.6. The van der Waals surface area contributed by atoms with Gasteiger partial charge in [-0.05, 0) is 47.0 Å². The number of piperidine rings is 1. The van der Waals surface area contributed by atoms with Crippen LogP contribution in [-0.2, 0) is 14.3 Å². The van der Waals surface area contributed by atoms with Crippen molar-refractivity contribution in [3.63, 3.8) is 0 Å². The third-order valence-corrected chi connectivity index (χ3v) is 3.26. The molecule has 0 saturated carbocycles. The normalized spacial score (nSPS) is 23.9. The summed E-state index contributed by atoms with van der Waals surface area (Å²) < 4.78 is 10.1. The first-order valence-corrected chi connectivity index (χ1v) is 6.82. The predicted octanol–water partition coefficient (Wildman–Crippen LogP) is 2.73. The summed E-state index contributed by atoms with van der Waals surface area (Å²) >= 11 is 0. The van der Waals surface area contributed by atoms with Crippen molar-refractivity contribution in [3.8, 4) is 0 Å². The van der Waals surface area contributed by atoms with Crippen molar-refractivity contribution in [1.82, 2.24) is 4.90 Å². The lowest BCUT2D eigenvalue weighted by Crippen LogP contribution is -2.51. The smallest absolute Gasteiger partial charge is 0.410 e. The Labute approximate surface area is 115 Å². The van der Waals surface area contributed by atoms with E-state index in [0.29, 0.717) is 0 Å². The molecule has 1 amide bonds. The summed E-state index contributed by atoms with van der Waals surface area (Å²) in [5.74, 6) is -0.285. The van der Waals surface area contributed by atoms with Crippen molar-refractivity contribution in [1.29, 1.82) is 0 Å². The van der Waals surface area contributed by atoms with E-state index < -0.39 is 5.60 Å². The molecule has 5 nitrogen and oxygen atoms in total. The molecule has 0 radical (unpaired) electrons. The van der Waals surface area contributed by atoms with Crippen LogP contribution in [-0.4, -0.2) is 41.8 Å². The molecule has 0 N–H and O–H groups in total. The lowest BCUT2D eigenvalue weighted by molar-refractivity contribution is -0.142. The molecule has 1 aliphatic heterocycles. The molecule has 0 bridgehead atoms.